The van der Waals surface area contributed by atoms with Crippen LogP contribution in [-0.4, -0.2) is 48.1 Å². The number of nitrogens with one attached hydrogen (secondary N) is 1. The van der Waals surface area contributed by atoms with Gasteiger partial charge in [-0.25, -0.2) is 0 Å². The molecule has 2 unspecified atom stereocenters. The monoisotopic (exact) mass is 240 g/mol. The van der Waals surface area contributed by atoms with E-state index >= 15 is 0 Å². The first-order valence-electron chi connectivity index (χ1n) is 6.27. The second kappa shape index (κ2) is 4.64. The molecule has 0 aliphatic carbocycles. The summed E-state index contributed by atoms with van der Waals surface area (Å²) in [7, 11) is 0. The van der Waals surface area contributed by atoms with Crippen LogP contribution in [0, 0.1) is 0 Å². The minimum Gasteiger partial charge on any atom is -0.373 e. The van der Waals surface area contributed by atoms with Crippen LogP contribution in [0.25, 0.3) is 0 Å². The highest BCUT2D eigenvalue weighted by atomic mass is 16.5. The summed E-state index contributed by atoms with van der Waals surface area (Å²) in [5, 5.41) is 2.63. The summed E-state index contributed by atoms with van der Waals surface area (Å²) in [5.41, 5.74) is -0.277. The van der Waals surface area contributed by atoms with Crippen LogP contribution < -0.4 is 5.32 Å². The predicted molar refractivity (Wildman–Crippen MR) is 62.4 cm³/mol. The Morgan fingerprint density at radius 3 is 2.88 bits per heavy atom. The lowest BCUT2D eigenvalue weighted by Crippen LogP contribution is -2.61. The predicted octanol–water partition coefficient (Wildman–Crippen LogP) is 0.293. The Hall–Kier alpha value is -1.10. The molecular weight excluding hydrogens is 220 g/mol. The summed E-state index contributed by atoms with van der Waals surface area (Å²) in [6.07, 6.45) is 2.63. The van der Waals surface area contributed by atoms with Crippen molar-refractivity contribution in [2.24, 2.45) is 0 Å². The van der Waals surface area contributed by atoms with E-state index in [-0.39, 0.29) is 30.0 Å². The molecule has 2 fully saturated rings. The van der Waals surface area contributed by atoms with Gasteiger partial charge >= 0.3 is 0 Å². The van der Waals surface area contributed by atoms with E-state index in [0.717, 1.165) is 19.4 Å². The summed E-state index contributed by atoms with van der Waals surface area (Å²) in [4.78, 5) is 25.3. The van der Waals surface area contributed by atoms with E-state index in [4.69, 9.17) is 4.74 Å². The van der Waals surface area contributed by atoms with Crippen LogP contribution in [0.5, 0.6) is 0 Å². The van der Waals surface area contributed by atoms with Crippen molar-refractivity contribution in [3.8, 4) is 0 Å². The molecule has 0 aromatic rings. The summed E-state index contributed by atoms with van der Waals surface area (Å²) in [6, 6.07) is -0.336. The Kier molecular flexibility index (Phi) is 3.38. The maximum Gasteiger partial charge on any atom is 0.243 e. The number of piperazine rings is 1. The molecule has 5 nitrogen and oxygen atoms in total. The molecule has 0 bridgehead atoms. The molecule has 2 heterocycles. The number of amides is 2. The van der Waals surface area contributed by atoms with E-state index in [1.165, 1.54) is 0 Å². The number of ether oxygens (including phenoxy) is 1. The van der Waals surface area contributed by atoms with Gasteiger partial charge in [0.15, 0.2) is 0 Å². The van der Waals surface area contributed by atoms with Crippen LogP contribution >= 0.6 is 0 Å². The van der Waals surface area contributed by atoms with E-state index in [9.17, 15) is 9.59 Å². The van der Waals surface area contributed by atoms with Crippen LogP contribution in [-0.2, 0) is 14.3 Å². The van der Waals surface area contributed by atoms with Gasteiger partial charge in [0.05, 0.1) is 18.7 Å². The molecule has 0 spiro atoms. The van der Waals surface area contributed by atoms with Crippen molar-refractivity contribution >= 4 is 11.8 Å². The summed E-state index contributed by atoms with van der Waals surface area (Å²) in [6.45, 7) is 5.34. The van der Waals surface area contributed by atoms with Crippen LogP contribution in [0.1, 0.15) is 33.1 Å². The third kappa shape index (κ3) is 2.44. The number of carbonyl (C=O) groups excluding carboxylic acids is 2. The molecular formula is C12H20N2O3. The maximum atomic E-state index is 11.9. The Bertz CT molecular complexity index is 324. The number of nitrogens with zero attached hydrogens (tertiary/aromatic N) is 1. The molecule has 0 radical (unpaired) electrons. The largest absolute Gasteiger partial charge is 0.373 e. The molecule has 0 aromatic carbocycles. The third-order valence-electron chi connectivity index (χ3n) is 3.61. The van der Waals surface area contributed by atoms with Crippen molar-refractivity contribution in [3.05, 3.63) is 0 Å². The van der Waals surface area contributed by atoms with Gasteiger partial charge in [0.2, 0.25) is 11.8 Å². The smallest absolute Gasteiger partial charge is 0.243 e. The second-order valence-electron chi connectivity index (χ2n) is 5.07. The molecule has 0 saturated carbocycles. The first-order valence-corrected chi connectivity index (χ1v) is 6.27. The maximum absolute atomic E-state index is 11.9. The minimum atomic E-state index is -0.336. The summed E-state index contributed by atoms with van der Waals surface area (Å²) < 4.78 is 5.69. The molecule has 2 aliphatic heterocycles. The summed E-state index contributed by atoms with van der Waals surface area (Å²) in [5.74, 6) is -0.0538. The molecule has 17 heavy (non-hydrogen) atoms. The van der Waals surface area contributed by atoms with Gasteiger partial charge in [-0.2, -0.15) is 0 Å². The van der Waals surface area contributed by atoms with Crippen molar-refractivity contribution in [1.82, 2.24) is 10.2 Å². The van der Waals surface area contributed by atoms with Gasteiger partial charge in [-0.05, 0) is 26.2 Å². The van der Waals surface area contributed by atoms with Crippen molar-refractivity contribution in [2.45, 2.75) is 44.8 Å². The van der Waals surface area contributed by atoms with Crippen LogP contribution in [0.15, 0.2) is 0 Å². The van der Waals surface area contributed by atoms with E-state index in [1.807, 2.05) is 13.8 Å². The van der Waals surface area contributed by atoms with Gasteiger partial charge in [-0.15, -0.1) is 0 Å². The number of hydrogen-bond acceptors (Lipinski definition) is 3. The van der Waals surface area contributed by atoms with Gasteiger partial charge in [-0.1, -0.05) is 6.92 Å². The molecule has 0 aromatic heterocycles. The highest BCUT2D eigenvalue weighted by Gasteiger charge is 2.39. The van der Waals surface area contributed by atoms with E-state index in [0.29, 0.717) is 13.0 Å². The van der Waals surface area contributed by atoms with Crippen molar-refractivity contribution in [1.29, 1.82) is 0 Å². The van der Waals surface area contributed by atoms with Crippen molar-refractivity contribution < 1.29 is 14.3 Å². The first-order chi connectivity index (χ1) is 8.06. The quantitative estimate of drug-likeness (QED) is 0.771. The highest BCUT2D eigenvalue weighted by molar-refractivity contribution is 5.94. The van der Waals surface area contributed by atoms with Gasteiger partial charge in [-0.3, -0.25) is 9.59 Å². The lowest BCUT2D eigenvalue weighted by molar-refractivity contribution is -0.149. The normalized spacial score (nSPS) is 34.0. The first kappa shape index (κ1) is 12.4. The molecule has 1 N–H and O–H groups in total. The summed E-state index contributed by atoms with van der Waals surface area (Å²) >= 11 is 0. The average Bonchev–Trinajstić information content (AvgIpc) is 2.71. The SMILES string of the molecule is CCC1C(=O)NCC(=O)N1CC1(C)CCCO1. The van der Waals surface area contributed by atoms with Crippen molar-refractivity contribution in [3.63, 3.8) is 0 Å². The van der Waals surface area contributed by atoms with E-state index < -0.39 is 0 Å². The molecule has 2 amide bonds. The highest BCUT2D eigenvalue weighted by Crippen LogP contribution is 2.27. The average molecular weight is 240 g/mol. The van der Waals surface area contributed by atoms with E-state index in [1.54, 1.807) is 4.90 Å². The van der Waals surface area contributed by atoms with Crippen molar-refractivity contribution in [2.75, 3.05) is 19.7 Å². The van der Waals surface area contributed by atoms with Gasteiger partial charge in [0.25, 0.3) is 0 Å². The Morgan fingerprint density at radius 1 is 1.53 bits per heavy atom. The molecule has 2 atom stereocenters. The molecule has 2 rings (SSSR count). The minimum absolute atomic E-state index is 0.00632. The number of carbonyl (C=O) groups is 2. The Labute approximate surface area is 101 Å². The van der Waals surface area contributed by atoms with Gasteiger partial charge in [0, 0.05) is 6.61 Å². The lowest BCUT2D eigenvalue weighted by atomic mass is 9.99. The van der Waals surface area contributed by atoms with Crippen LogP contribution in [0.4, 0.5) is 0 Å². The number of hydrogen-bond donors (Lipinski definition) is 1. The third-order valence-corrected chi connectivity index (χ3v) is 3.61. The zero-order valence-corrected chi connectivity index (χ0v) is 10.5. The molecule has 5 heteroatoms. The molecule has 2 saturated heterocycles. The fraction of sp³-hybridized carbons (Fsp3) is 0.833. The van der Waals surface area contributed by atoms with Gasteiger partial charge in [0.1, 0.15) is 6.04 Å². The Balaban J connectivity index is 2.10. The topological polar surface area (TPSA) is 58.6 Å². The van der Waals surface area contributed by atoms with Crippen LogP contribution in [0.3, 0.4) is 0 Å². The molecule has 2 aliphatic rings. The van der Waals surface area contributed by atoms with Crippen LogP contribution in [0.2, 0.25) is 0 Å². The lowest BCUT2D eigenvalue weighted by Gasteiger charge is -2.39. The van der Waals surface area contributed by atoms with Gasteiger partial charge < -0.3 is 15.0 Å². The number of rotatable bonds is 3. The van der Waals surface area contributed by atoms with E-state index in [2.05, 4.69) is 5.32 Å². The fourth-order valence-corrected chi connectivity index (χ4v) is 2.62. The zero-order valence-electron chi connectivity index (χ0n) is 10.5. The fourth-order valence-electron chi connectivity index (χ4n) is 2.62. The molecule has 96 valence electrons. The Morgan fingerprint density at radius 2 is 2.29 bits per heavy atom. The zero-order chi connectivity index (χ0) is 12.5. The standard InChI is InChI=1S/C12H20N2O3/c1-3-9-11(16)13-7-10(15)14(9)8-12(2)5-4-6-17-12/h9H,3-8H2,1-2H3,(H,13,16). The second-order valence-corrected chi connectivity index (χ2v) is 5.07.